The van der Waals surface area contributed by atoms with E-state index in [1.807, 2.05) is 18.2 Å². The second-order valence-electron chi connectivity index (χ2n) is 9.23. The fourth-order valence-corrected chi connectivity index (χ4v) is 4.92. The van der Waals surface area contributed by atoms with Crippen molar-refractivity contribution < 1.29 is 13.9 Å². The summed E-state index contributed by atoms with van der Waals surface area (Å²) in [4.78, 5) is 17.5. The van der Waals surface area contributed by atoms with Gasteiger partial charge < -0.3 is 19.8 Å². The van der Waals surface area contributed by atoms with Crippen LogP contribution in [0.25, 0.3) is 21.7 Å². The van der Waals surface area contributed by atoms with Crippen molar-refractivity contribution >= 4 is 33.5 Å². The van der Waals surface area contributed by atoms with Crippen LogP contribution in [0.1, 0.15) is 43.4 Å². The van der Waals surface area contributed by atoms with Crippen LogP contribution in [0, 0.1) is 0 Å². The molecule has 1 aliphatic heterocycles. The largest absolute Gasteiger partial charge is 0.490 e. The predicted octanol–water partition coefficient (Wildman–Crippen LogP) is 5.49. The highest BCUT2D eigenvalue weighted by Gasteiger charge is 2.20. The van der Waals surface area contributed by atoms with Gasteiger partial charge in [-0.05, 0) is 66.7 Å². The van der Waals surface area contributed by atoms with Crippen LogP contribution in [0.2, 0.25) is 0 Å². The Labute approximate surface area is 205 Å². The second kappa shape index (κ2) is 10.3. The zero-order valence-electron chi connectivity index (χ0n) is 20.1. The number of rotatable bonds is 7. The average molecular weight is 470 g/mol. The minimum absolute atomic E-state index is 0.0757. The number of carbonyl (C=O) groups is 1. The molecule has 0 spiro atoms. The van der Waals surface area contributed by atoms with Gasteiger partial charge in [-0.25, -0.2) is 0 Å². The Hall–Kier alpha value is -3.64. The quantitative estimate of drug-likeness (QED) is 0.220. The average Bonchev–Trinajstić information content (AvgIpc) is 3.32. The van der Waals surface area contributed by atoms with Crippen molar-refractivity contribution in [3.8, 4) is 5.75 Å². The van der Waals surface area contributed by atoms with E-state index in [0.29, 0.717) is 29.6 Å². The van der Waals surface area contributed by atoms with Crippen LogP contribution in [0.4, 0.5) is 0 Å². The number of furan rings is 1. The van der Waals surface area contributed by atoms with Gasteiger partial charge in [0.2, 0.25) is 5.91 Å². The number of hydrogen-bond donors (Lipinski definition) is 1. The van der Waals surface area contributed by atoms with Crippen molar-refractivity contribution in [3.05, 3.63) is 78.1 Å². The van der Waals surface area contributed by atoms with Crippen LogP contribution in [-0.4, -0.2) is 42.9 Å². The highest BCUT2D eigenvalue weighted by molar-refractivity contribution is 6.04. The summed E-state index contributed by atoms with van der Waals surface area (Å²) in [5.74, 6) is 1.41. The number of ether oxygens (including phenoxy) is 1. The smallest absolute Gasteiger partial charge is 0.244 e. The number of fused-ring (bicyclic) bond motifs is 2. The number of amides is 1. The van der Waals surface area contributed by atoms with Crippen molar-refractivity contribution in [2.45, 2.75) is 32.1 Å². The lowest BCUT2D eigenvalue weighted by Crippen LogP contribution is -2.34. The molecule has 6 heteroatoms. The number of carbonyl (C=O) groups excluding carboxylic acids is 1. The maximum atomic E-state index is 11.2. The Kier molecular flexibility index (Phi) is 6.82. The topological polar surface area (TPSA) is 81.1 Å². The van der Waals surface area contributed by atoms with Gasteiger partial charge in [0.05, 0.1) is 6.61 Å². The highest BCUT2D eigenvalue weighted by atomic mass is 16.5. The molecule has 0 unspecified atom stereocenters. The zero-order valence-corrected chi connectivity index (χ0v) is 20.1. The minimum atomic E-state index is -0.360. The SMILES string of the molecule is CC(=O)N=C(N)c1cc2cccc(OCCCN3CCC(c4ccc5ccccc5c4)CC3)c2o1. The normalized spacial score (nSPS) is 15.6. The fraction of sp³-hybridized carbons (Fsp3) is 0.310. The van der Waals surface area contributed by atoms with Crippen molar-refractivity contribution in [3.63, 3.8) is 0 Å². The summed E-state index contributed by atoms with van der Waals surface area (Å²) in [6.07, 6.45) is 3.33. The van der Waals surface area contributed by atoms with Crippen LogP contribution in [-0.2, 0) is 4.79 Å². The zero-order chi connectivity index (χ0) is 24.2. The lowest BCUT2D eigenvalue weighted by Gasteiger charge is -2.32. The third kappa shape index (κ3) is 5.38. The van der Waals surface area contributed by atoms with E-state index < -0.39 is 0 Å². The fourth-order valence-electron chi connectivity index (χ4n) is 4.92. The molecule has 4 aromatic rings. The van der Waals surface area contributed by atoms with Gasteiger partial charge >= 0.3 is 0 Å². The lowest BCUT2D eigenvalue weighted by atomic mass is 9.88. The summed E-state index contributed by atoms with van der Waals surface area (Å²) in [7, 11) is 0. The lowest BCUT2D eigenvalue weighted by molar-refractivity contribution is -0.115. The van der Waals surface area contributed by atoms with Crippen LogP contribution < -0.4 is 10.5 Å². The molecule has 0 bridgehead atoms. The summed E-state index contributed by atoms with van der Waals surface area (Å²) >= 11 is 0. The first-order valence-electron chi connectivity index (χ1n) is 12.3. The number of likely N-dealkylation sites (tertiary alicyclic amines) is 1. The Bertz CT molecular complexity index is 1370. The van der Waals surface area contributed by atoms with Gasteiger partial charge in [-0.1, -0.05) is 54.6 Å². The Morgan fingerprint density at radius 2 is 1.80 bits per heavy atom. The van der Waals surface area contributed by atoms with Crippen LogP contribution in [0.5, 0.6) is 5.75 Å². The molecule has 35 heavy (non-hydrogen) atoms. The number of amidine groups is 1. The number of para-hydroxylation sites is 1. The number of hydrogen-bond acceptors (Lipinski definition) is 4. The van der Waals surface area contributed by atoms with E-state index >= 15 is 0 Å². The molecule has 0 saturated carbocycles. The molecule has 1 aliphatic rings. The molecule has 3 aromatic carbocycles. The molecule has 5 rings (SSSR count). The molecule has 1 amide bonds. The summed E-state index contributed by atoms with van der Waals surface area (Å²) in [5.41, 5.74) is 7.96. The monoisotopic (exact) mass is 469 g/mol. The van der Waals surface area contributed by atoms with Crippen LogP contribution in [0.3, 0.4) is 0 Å². The van der Waals surface area contributed by atoms with Gasteiger partial charge in [0.15, 0.2) is 22.9 Å². The van der Waals surface area contributed by atoms with Gasteiger partial charge in [0.1, 0.15) is 0 Å². The molecule has 1 aromatic heterocycles. The van der Waals surface area contributed by atoms with Crippen LogP contribution >= 0.6 is 0 Å². The van der Waals surface area contributed by atoms with Crippen LogP contribution in [0.15, 0.2) is 76.1 Å². The Morgan fingerprint density at radius 1 is 1.03 bits per heavy atom. The van der Waals surface area contributed by atoms with E-state index in [4.69, 9.17) is 14.9 Å². The first-order valence-corrected chi connectivity index (χ1v) is 12.3. The predicted molar refractivity (Wildman–Crippen MR) is 140 cm³/mol. The van der Waals surface area contributed by atoms with Crippen molar-refractivity contribution in [2.24, 2.45) is 10.7 Å². The Morgan fingerprint density at radius 3 is 2.60 bits per heavy atom. The minimum Gasteiger partial charge on any atom is -0.490 e. The summed E-state index contributed by atoms with van der Waals surface area (Å²) in [6.45, 7) is 5.21. The van der Waals surface area contributed by atoms with E-state index in [9.17, 15) is 4.79 Å². The number of nitrogens with zero attached hydrogens (tertiary/aromatic N) is 2. The first-order chi connectivity index (χ1) is 17.1. The van der Waals surface area contributed by atoms with Crippen molar-refractivity contribution in [1.29, 1.82) is 0 Å². The van der Waals surface area contributed by atoms with Gasteiger partial charge in [-0.3, -0.25) is 4.79 Å². The maximum absolute atomic E-state index is 11.2. The maximum Gasteiger partial charge on any atom is 0.244 e. The molecule has 1 fully saturated rings. The number of piperidine rings is 1. The van der Waals surface area contributed by atoms with Crippen molar-refractivity contribution in [2.75, 3.05) is 26.2 Å². The molecule has 0 atom stereocenters. The van der Waals surface area contributed by atoms with E-state index in [-0.39, 0.29) is 11.7 Å². The molecular formula is C29H31N3O3. The van der Waals surface area contributed by atoms with Gasteiger partial charge in [-0.15, -0.1) is 0 Å². The molecule has 1 saturated heterocycles. The van der Waals surface area contributed by atoms with E-state index in [1.165, 1.54) is 36.1 Å². The standard InChI is InChI=1S/C29H31N3O3/c1-20(33)31-29(30)27-19-25-8-4-9-26(28(25)35-27)34-17-5-14-32-15-12-22(13-16-32)24-11-10-21-6-2-3-7-23(21)18-24/h2-4,6-11,18-19,22H,5,12-17H2,1H3,(H2,30,31,33). The van der Waals surface area contributed by atoms with E-state index in [0.717, 1.165) is 31.4 Å². The molecule has 180 valence electrons. The molecular weight excluding hydrogens is 438 g/mol. The van der Waals surface area contributed by atoms with E-state index in [2.05, 4.69) is 52.4 Å². The number of benzene rings is 3. The Balaban J connectivity index is 1.12. The summed E-state index contributed by atoms with van der Waals surface area (Å²) < 4.78 is 11.9. The molecule has 6 nitrogen and oxygen atoms in total. The van der Waals surface area contributed by atoms with E-state index in [1.54, 1.807) is 6.07 Å². The number of aliphatic imine (C=N–C) groups is 1. The number of nitrogens with two attached hydrogens (primary N) is 1. The molecule has 0 aliphatic carbocycles. The highest BCUT2D eigenvalue weighted by Crippen LogP contribution is 2.31. The van der Waals surface area contributed by atoms with Gasteiger partial charge in [0, 0.05) is 18.9 Å². The molecule has 2 heterocycles. The summed E-state index contributed by atoms with van der Waals surface area (Å²) in [6, 6.07) is 23.0. The third-order valence-corrected chi connectivity index (χ3v) is 6.75. The molecule has 2 N–H and O–H groups in total. The van der Waals surface area contributed by atoms with Gasteiger partial charge in [0.25, 0.3) is 0 Å². The third-order valence-electron chi connectivity index (χ3n) is 6.75. The second-order valence-corrected chi connectivity index (χ2v) is 9.23. The first kappa shape index (κ1) is 23.1. The van der Waals surface area contributed by atoms with Gasteiger partial charge in [-0.2, -0.15) is 4.99 Å². The summed E-state index contributed by atoms with van der Waals surface area (Å²) in [5, 5.41) is 3.51. The van der Waals surface area contributed by atoms with Crippen molar-refractivity contribution in [1.82, 2.24) is 4.90 Å². The molecule has 0 radical (unpaired) electrons.